The zero-order chi connectivity index (χ0) is 28.8. The second kappa shape index (κ2) is 12.2. The number of nitro groups is 1. The number of nitrogens with zero attached hydrogens (tertiary/aromatic N) is 3. The first-order valence-electron chi connectivity index (χ1n) is 12.0. The van der Waals surface area contributed by atoms with Crippen LogP contribution in [0.1, 0.15) is 45.2 Å². The standard InChI is InChI=1S/C26H36N4O7S/c1-8-21(25(32)27-26(3,4)5)28(16-19-11-9-10-18(2)14-19)24(31)17-29(38(7,35)36)22-15-20(30(33)34)12-13-23(22)37-6/h9-15,21H,8,16-17H2,1-7H3,(H,27,32). The molecule has 0 aromatic heterocycles. The summed E-state index contributed by atoms with van der Waals surface area (Å²) in [7, 11) is -2.81. The predicted octanol–water partition coefficient (Wildman–Crippen LogP) is 3.40. The number of nitrogens with one attached hydrogen (secondary N) is 1. The van der Waals surface area contributed by atoms with Crippen LogP contribution in [0.25, 0.3) is 0 Å². The van der Waals surface area contributed by atoms with Crippen molar-refractivity contribution >= 4 is 33.2 Å². The number of sulfonamides is 1. The molecule has 1 atom stereocenters. The van der Waals surface area contributed by atoms with Crippen molar-refractivity contribution in [1.82, 2.24) is 10.2 Å². The molecule has 0 saturated heterocycles. The first kappa shape index (κ1) is 30.6. The molecule has 2 rings (SSSR count). The average Bonchev–Trinajstić information content (AvgIpc) is 2.80. The Labute approximate surface area is 224 Å². The van der Waals surface area contributed by atoms with Gasteiger partial charge in [-0.2, -0.15) is 0 Å². The number of methoxy groups -OCH3 is 1. The maximum Gasteiger partial charge on any atom is 0.271 e. The number of aryl methyl sites for hydroxylation is 1. The van der Waals surface area contributed by atoms with Crippen molar-refractivity contribution in [3.8, 4) is 5.75 Å². The lowest BCUT2D eigenvalue weighted by atomic mass is 10.0. The molecule has 0 heterocycles. The Morgan fingerprint density at radius 1 is 1.16 bits per heavy atom. The number of rotatable bonds is 11. The van der Waals surface area contributed by atoms with Crippen LogP contribution in [0.4, 0.5) is 11.4 Å². The van der Waals surface area contributed by atoms with Crippen LogP contribution in [-0.4, -0.2) is 61.5 Å². The van der Waals surface area contributed by atoms with E-state index in [0.29, 0.717) is 0 Å². The van der Waals surface area contributed by atoms with E-state index in [9.17, 15) is 28.1 Å². The zero-order valence-corrected chi connectivity index (χ0v) is 23.7. The highest BCUT2D eigenvalue weighted by atomic mass is 32.2. The third-order valence-corrected chi connectivity index (χ3v) is 6.77. The first-order chi connectivity index (χ1) is 17.6. The summed E-state index contributed by atoms with van der Waals surface area (Å²) in [6.45, 7) is 8.50. The molecule has 2 aromatic rings. The van der Waals surface area contributed by atoms with E-state index in [2.05, 4.69) is 5.32 Å². The number of carbonyl (C=O) groups is 2. The fourth-order valence-corrected chi connectivity index (χ4v) is 4.81. The van der Waals surface area contributed by atoms with Crippen molar-refractivity contribution in [1.29, 1.82) is 0 Å². The van der Waals surface area contributed by atoms with Gasteiger partial charge in [-0.3, -0.25) is 24.0 Å². The summed E-state index contributed by atoms with van der Waals surface area (Å²) >= 11 is 0. The molecule has 1 N–H and O–H groups in total. The van der Waals surface area contributed by atoms with Gasteiger partial charge in [0.1, 0.15) is 24.0 Å². The zero-order valence-electron chi connectivity index (χ0n) is 22.8. The fraction of sp³-hybridized carbons (Fsp3) is 0.462. The molecule has 208 valence electrons. The topological polar surface area (TPSA) is 139 Å². The molecule has 0 aliphatic rings. The lowest BCUT2D eigenvalue weighted by molar-refractivity contribution is -0.384. The maximum atomic E-state index is 13.8. The minimum absolute atomic E-state index is 0.0385. The summed E-state index contributed by atoms with van der Waals surface area (Å²) in [4.78, 5) is 39.1. The second-order valence-electron chi connectivity index (χ2n) is 10.1. The van der Waals surface area contributed by atoms with Crippen molar-refractivity contribution < 1.29 is 27.7 Å². The average molecular weight is 549 g/mol. The van der Waals surface area contributed by atoms with Crippen molar-refractivity contribution in [2.75, 3.05) is 24.2 Å². The van der Waals surface area contributed by atoms with E-state index in [1.165, 1.54) is 24.1 Å². The molecule has 0 radical (unpaired) electrons. The molecule has 2 amide bonds. The Kier molecular flexibility index (Phi) is 9.85. The molecule has 0 fully saturated rings. The lowest BCUT2D eigenvalue weighted by Gasteiger charge is -2.34. The minimum Gasteiger partial charge on any atom is -0.495 e. The number of anilines is 1. The van der Waals surface area contributed by atoms with Gasteiger partial charge in [0.2, 0.25) is 21.8 Å². The van der Waals surface area contributed by atoms with Crippen LogP contribution in [0.15, 0.2) is 42.5 Å². The number of nitro benzene ring substituents is 1. The molecule has 11 nitrogen and oxygen atoms in total. The molecular weight excluding hydrogens is 512 g/mol. The molecular formula is C26H36N4O7S. The molecule has 38 heavy (non-hydrogen) atoms. The summed E-state index contributed by atoms with van der Waals surface area (Å²) in [5.41, 5.74) is 0.646. The van der Waals surface area contributed by atoms with Gasteiger partial charge < -0.3 is 15.0 Å². The molecule has 0 aliphatic heterocycles. The minimum atomic E-state index is -4.10. The summed E-state index contributed by atoms with van der Waals surface area (Å²) < 4.78 is 31.7. The van der Waals surface area contributed by atoms with E-state index in [1.54, 1.807) is 6.92 Å². The van der Waals surface area contributed by atoms with Crippen LogP contribution in [0.5, 0.6) is 5.75 Å². The van der Waals surface area contributed by atoms with Gasteiger partial charge in [0, 0.05) is 24.2 Å². The molecule has 12 heteroatoms. The van der Waals surface area contributed by atoms with Crippen LogP contribution >= 0.6 is 0 Å². The Morgan fingerprint density at radius 2 is 1.82 bits per heavy atom. The quantitative estimate of drug-likeness (QED) is 0.335. The molecule has 0 saturated carbocycles. The highest BCUT2D eigenvalue weighted by Crippen LogP contribution is 2.34. The third-order valence-electron chi connectivity index (χ3n) is 5.64. The Balaban J connectivity index is 2.58. The van der Waals surface area contributed by atoms with Crippen LogP contribution < -0.4 is 14.4 Å². The number of amides is 2. The van der Waals surface area contributed by atoms with Crippen molar-refractivity contribution in [3.63, 3.8) is 0 Å². The fourth-order valence-electron chi connectivity index (χ4n) is 3.96. The summed E-state index contributed by atoms with van der Waals surface area (Å²) in [6, 6.07) is 10.0. The van der Waals surface area contributed by atoms with Gasteiger partial charge in [-0.15, -0.1) is 0 Å². The number of ether oxygens (including phenoxy) is 1. The smallest absolute Gasteiger partial charge is 0.271 e. The van der Waals surface area contributed by atoms with Gasteiger partial charge in [-0.1, -0.05) is 36.8 Å². The summed E-state index contributed by atoms with van der Waals surface area (Å²) in [6.07, 6.45) is 1.17. The Hall–Kier alpha value is -3.67. The number of non-ortho nitro benzene ring substituents is 1. The second-order valence-corrected chi connectivity index (χ2v) is 12.0. The van der Waals surface area contributed by atoms with E-state index < -0.39 is 39.0 Å². The van der Waals surface area contributed by atoms with Crippen LogP contribution in [0.2, 0.25) is 0 Å². The van der Waals surface area contributed by atoms with Gasteiger partial charge in [0.15, 0.2) is 0 Å². The molecule has 2 aromatic carbocycles. The van der Waals surface area contributed by atoms with Gasteiger partial charge in [0.25, 0.3) is 5.69 Å². The highest BCUT2D eigenvalue weighted by molar-refractivity contribution is 7.92. The number of benzene rings is 2. The number of hydrogen-bond acceptors (Lipinski definition) is 7. The monoisotopic (exact) mass is 548 g/mol. The van der Waals surface area contributed by atoms with E-state index in [0.717, 1.165) is 27.8 Å². The van der Waals surface area contributed by atoms with Crippen molar-refractivity contribution in [2.45, 2.75) is 59.2 Å². The SMILES string of the molecule is CCC(C(=O)NC(C)(C)C)N(Cc1cccc(C)c1)C(=O)CN(c1cc([N+](=O)[O-])ccc1OC)S(C)(=O)=O. The third kappa shape index (κ3) is 8.17. The van der Waals surface area contributed by atoms with Crippen molar-refractivity contribution in [3.05, 3.63) is 63.7 Å². The van der Waals surface area contributed by atoms with E-state index >= 15 is 0 Å². The normalized spacial score (nSPS) is 12.4. The number of hydrogen-bond donors (Lipinski definition) is 1. The van der Waals surface area contributed by atoms with Gasteiger partial charge in [-0.05, 0) is 45.7 Å². The molecule has 0 aliphatic carbocycles. The number of carbonyl (C=O) groups excluding carboxylic acids is 2. The van der Waals surface area contributed by atoms with E-state index in [1.807, 2.05) is 52.0 Å². The first-order valence-corrected chi connectivity index (χ1v) is 13.9. The lowest BCUT2D eigenvalue weighted by Crippen LogP contribution is -2.55. The predicted molar refractivity (Wildman–Crippen MR) is 146 cm³/mol. The largest absolute Gasteiger partial charge is 0.495 e. The van der Waals surface area contributed by atoms with E-state index in [-0.39, 0.29) is 36.0 Å². The summed E-state index contributed by atoms with van der Waals surface area (Å²) in [5.74, 6) is -0.988. The van der Waals surface area contributed by atoms with Gasteiger partial charge in [0.05, 0.1) is 18.3 Å². The molecule has 0 spiro atoms. The van der Waals surface area contributed by atoms with Crippen LogP contribution in [-0.2, 0) is 26.2 Å². The van der Waals surface area contributed by atoms with Crippen LogP contribution in [0.3, 0.4) is 0 Å². The summed E-state index contributed by atoms with van der Waals surface area (Å²) in [5, 5.41) is 14.3. The van der Waals surface area contributed by atoms with Crippen molar-refractivity contribution in [2.24, 2.45) is 0 Å². The van der Waals surface area contributed by atoms with Gasteiger partial charge in [-0.25, -0.2) is 8.42 Å². The van der Waals surface area contributed by atoms with Crippen LogP contribution in [0, 0.1) is 17.0 Å². The Morgan fingerprint density at radius 3 is 2.32 bits per heavy atom. The molecule has 0 bridgehead atoms. The Bertz CT molecular complexity index is 1290. The maximum absolute atomic E-state index is 13.8. The van der Waals surface area contributed by atoms with E-state index in [4.69, 9.17) is 4.74 Å². The highest BCUT2D eigenvalue weighted by Gasteiger charge is 2.34. The molecule has 1 unspecified atom stereocenters. The van der Waals surface area contributed by atoms with Gasteiger partial charge >= 0.3 is 0 Å².